The summed E-state index contributed by atoms with van der Waals surface area (Å²) in [7, 11) is -3.95. The molecule has 146 valence electrons. The number of hydrogen-bond donors (Lipinski definition) is 2. The summed E-state index contributed by atoms with van der Waals surface area (Å²) in [5.74, 6) is -0.429. The van der Waals surface area contributed by atoms with Crippen LogP contribution in [0.4, 0.5) is 0 Å². The second kappa shape index (κ2) is 8.36. The quantitative estimate of drug-likeness (QED) is 0.571. The number of fused-ring (bicyclic) bond motifs is 1. The number of hydrazine groups is 1. The molecule has 0 radical (unpaired) electrons. The van der Waals surface area contributed by atoms with E-state index in [0.29, 0.717) is 5.02 Å². The number of nitrogens with one attached hydrogen (secondary N) is 2. The highest BCUT2D eigenvalue weighted by atomic mass is 35.5. The molecule has 3 aromatic carbocycles. The van der Waals surface area contributed by atoms with Crippen molar-refractivity contribution < 1.29 is 17.9 Å². The van der Waals surface area contributed by atoms with E-state index in [2.05, 4.69) is 10.3 Å². The predicted molar refractivity (Wildman–Crippen MR) is 109 cm³/mol. The first-order valence-electron chi connectivity index (χ1n) is 8.18. The normalized spacial score (nSPS) is 12.5. The van der Waals surface area contributed by atoms with Gasteiger partial charge in [0.25, 0.3) is 15.9 Å². The number of halogens is 2. The van der Waals surface area contributed by atoms with E-state index in [9.17, 15) is 13.2 Å². The van der Waals surface area contributed by atoms with Crippen molar-refractivity contribution >= 4 is 49.9 Å². The molecule has 3 rings (SSSR count). The molecule has 0 spiro atoms. The summed E-state index contributed by atoms with van der Waals surface area (Å²) in [6, 6.07) is 16.6. The number of carbonyl (C=O) groups excluding carboxylic acids is 1. The van der Waals surface area contributed by atoms with Crippen molar-refractivity contribution in [3.8, 4) is 5.75 Å². The zero-order valence-electron chi connectivity index (χ0n) is 14.6. The van der Waals surface area contributed by atoms with Crippen LogP contribution in [0.15, 0.2) is 65.6 Å². The van der Waals surface area contributed by atoms with Crippen LogP contribution in [-0.4, -0.2) is 20.4 Å². The number of carbonyl (C=O) groups is 1. The zero-order chi connectivity index (χ0) is 20.3. The molecule has 0 saturated heterocycles. The van der Waals surface area contributed by atoms with E-state index >= 15 is 0 Å². The van der Waals surface area contributed by atoms with Crippen LogP contribution in [0.25, 0.3) is 10.8 Å². The lowest BCUT2D eigenvalue weighted by Crippen LogP contribution is -2.47. The molecule has 0 aliphatic carbocycles. The number of rotatable bonds is 6. The van der Waals surface area contributed by atoms with Crippen molar-refractivity contribution in [2.75, 3.05) is 0 Å². The third-order valence-corrected chi connectivity index (χ3v) is 5.68. The molecule has 0 fully saturated rings. The lowest BCUT2D eigenvalue weighted by Gasteiger charge is -2.16. The van der Waals surface area contributed by atoms with Crippen LogP contribution >= 0.6 is 23.2 Å². The Balaban J connectivity index is 1.66. The number of hydrogen-bond acceptors (Lipinski definition) is 4. The Bertz CT molecular complexity index is 1140. The molecule has 0 bridgehead atoms. The molecule has 0 saturated carbocycles. The van der Waals surface area contributed by atoms with Crippen molar-refractivity contribution in [2.45, 2.75) is 17.9 Å². The van der Waals surface area contributed by atoms with Gasteiger partial charge >= 0.3 is 0 Å². The molecular formula is C19H16Cl2N2O4S. The first-order chi connectivity index (χ1) is 13.3. The number of ether oxygens (including phenoxy) is 1. The van der Waals surface area contributed by atoms with Gasteiger partial charge in [-0.05, 0) is 48.0 Å². The highest BCUT2D eigenvalue weighted by Crippen LogP contribution is 2.28. The van der Waals surface area contributed by atoms with E-state index in [0.717, 1.165) is 10.8 Å². The topological polar surface area (TPSA) is 84.5 Å². The molecule has 0 heterocycles. The lowest BCUT2D eigenvalue weighted by molar-refractivity contribution is -0.127. The summed E-state index contributed by atoms with van der Waals surface area (Å²) in [6.07, 6.45) is -1.00. The van der Waals surface area contributed by atoms with Crippen LogP contribution in [0, 0.1) is 0 Å². The van der Waals surface area contributed by atoms with Crippen LogP contribution in [0.3, 0.4) is 0 Å². The maximum atomic E-state index is 12.5. The highest BCUT2D eigenvalue weighted by Gasteiger charge is 2.20. The van der Waals surface area contributed by atoms with Gasteiger partial charge in [-0.2, -0.15) is 0 Å². The number of amides is 1. The second-order valence-electron chi connectivity index (χ2n) is 5.94. The zero-order valence-corrected chi connectivity index (χ0v) is 17.0. The summed E-state index contributed by atoms with van der Waals surface area (Å²) < 4.78 is 30.4. The van der Waals surface area contributed by atoms with Crippen molar-refractivity contribution in [3.05, 3.63) is 70.7 Å². The van der Waals surface area contributed by atoms with Crippen LogP contribution in [0.2, 0.25) is 10.0 Å². The van der Waals surface area contributed by atoms with Crippen molar-refractivity contribution in [3.63, 3.8) is 0 Å². The van der Waals surface area contributed by atoms with Crippen LogP contribution < -0.4 is 15.0 Å². The van der Waals surface area contributed by atoms with E-state index in [1.54, 1.807) is 18.2 Å². The molecule has 28 heavy (non-hydrogen) atoms. The minimum atomic E-state index is -3.95. The van der Waals surface area contributed by atoms with Crippen LogP contribution in [-0.2, 0) is 14.8 Å². The molecule has 1 unspecified atom stereocenters. The molecule has 6 nitrogen and oxygen atoms in total. The average molecular weight is 439 g/mol. The van der Waals surface area contributed by atoms with Gasteiger partial charge in [0.1, 0.15) is 5.75 Å². The second-order valence-corrected chi connectivity index (χ2v) is 8.46. The summed E-state index contributed by atoms with van der Waals surface area (Å²) in [4.78, 5) is 14.3. The molecule has 0 aliphatic heterocycles. The molecule has 1 atom stereocenters. The Morgan fingerprint density at radius 3 is 2.43 bits per heavy atom. The average Bonchev–Trinajstić information content (AvgIpc) is 2.67. The largest absolute Gasteiger partial charge is 0.479 e. The summed E-state index contributed by atoms with van der Waals surface area (Å²) in [5, 5.41) is 2.35. The van der Waals surface area contributed by atoms with E-state index in [4.69, 9.17) is 27.9 Å². The number of benzene rings is 3. The van der Waals surface area contributed by atoms with Crippen molar-refractivity contribution in [1.29, 1.82) is 0 Å². The Kier molecular flexibility index (Phi) is 6.10. The van der Waals surface area contributed by atoms with Gasteiger partial charge in [0.15, 0.2) is 6.10 Å². The Morgan fingerprint density at radius 1 is 1.00 bits per heavy atom. The first-order valence-corrected chi connectivity index (χ1v) is 10.4. The maximum absolute atomic E-state index is 12.5. The molecule has 9 heteroatoms. The standard InChI is InChI=1S/C19H16Cl2N2O4S/c1-12(27-18-9-7-15(20)11-17(18)21)19(24)22-23-28(25,26)16-8-6-13-4-2-3-5-14(13)10-16/h2-12,23H,1H3,(H,22,24). The van der Waals surface area contributed by atoms with Crippen molar-refractivity contribution in [2.24, 2.45) is 0 Å². The number of sulfonamides is 1. The predicted octanol–water partition coefficient (Wildman–Crippen LogP) is 3.92. The minimum absolute atomic E-state index is 0.0285. The van der Waals surface area contributed by atoms with E-state index in [1.165, 1.54) is 31.2 Å². The Hall–Kier alpha value is -2.32. The van der Waals surface area contributed by atoms with Gasteiger partial charge in [-0.3, -0.25) is 10.2 Å². The third kappa shape index (κ3) is 4.74. The summed E-state index contributed by atoms with van der Waals surface area (Å²) in [5.41, 5.74) is 2.15. The van der Waals surface area contributed by atoms with Crippen LogP contribution in [0.5, 0.6) is 5.75 Å². The van der Waals surface area contributed by atoms with Gasteiger partial charge in [0, 0.05) is 5.02 Å². The lowest BCUT2D eigenvalue weighted by atomic mass is 10.1. The monoisotopic (exact) mass is 438 g/mol. The fourth-order valence-corrected chi connectivity index (χ4v) is 3.76. The Morgan fingerprint density at radius 2 is 1.71 bits per heavy atom. The van der Waals surface area contributed by atoms with Gasteiger partial charge in [-0.1, -0.05) is 53.5 Å². The van der Waals surface area contributed by atoms with Gasteiger partial charge in [0.2, 0.25) is 0 Å². The molecule has 3 aromatic rings. The van der Waals surface area contributed by atoms with Crippen LogP contribution in [0.1, 0.15) is 6.92 Å². The summed E-state index contributed by atoms with van der Waals surface area (Å²) in [6.45, 7) is 1.46. The summed E-state index contributed by atoms with van der Waals surface area (Å²) >= 11 is 11.8. The maximum Gasteiger partial charge on any atom is 0.275 e. The minimum Gasteiger partial charge on any atom is -0.479 e. The SMILES string of the molecule is CC(Oc1ccc(Cl)cc1Cl)C(=O)NNS(=O)(=O)c1ccc2ccccc2c1. The van der Waals surface area contributed by atoms with Gasteiger partial charge in [-0.15, -0.1) is 4.83 Å². The molecule has 0 aliphatic rings. The fraction of sp³-hybridized carbons (Fsp3) is 0.105. The molecular weight excluding hydrogens is 423 g/mol. The van der Waals surface area contributed by atoms with Gasteiger partial charge in [-0.25, -0.2) is 8.42 Å². The molecule has 0 aromatic heterocycles. The van der Waals surface area contributed by atoms with E-state index in [-0.39, 0.29) is 15.7 Å². The molecule has 2 N–H and O–H groups in total. The van der Waals surface area contributed by atoms with E-state index < -0.39 is 22.0 Å². The smallest absolute Gasteiger partial charge is 0.275 e. The third-order valence-electron chi connectivity index (χ3n) is 3.91. The van der Waals surface area contributed by atoms with Crippen molar-refractivity contribution in [1.82, 2.24) is 10.3 Å². The van der Waals surface area contributed by atoms with Gasteiger partial charge in [0.05, 0.1) is 9.92 Å². The molecule has 1 amide bonds. The fourth-order valence-electron chi connectivity index (χ4n) is 2.43. The first kappa shape index (κ1) is 20.4. The highest BCUT2D eigenvalue weighted by molar-refractivity contribution is 7.89. The van der Waals surface area contributed by atoms with E-state index in [1.807, 2.05) is 18.2 Å². The Labute approximate surface area is 172 Å². The van der Waals surface area contributed by atoms with Gasteiger partial charge < -0.3 is 4.74 Å².